The van der Waals surface area contributed by atoms with E-state index in [2.05, 4.69) is 21.2 Å². The maximum Gasteiger partial charge on any atom is 0.244 e. The maximum atomic E-state index is 12.6. The van der Waals surface area contributed by atoms with Gasteiger partial charge in [0.05, 0.1) is 5.02 Å². The third-order valence-corrected chi connectivity index (χ3v) is 5.91. The number of nitrogens with zero attached hydrogens (tertiary/aromatic N) is 1. The van der Waals surface area contributed by atoms with E-state index >= 15 is 0 Å². The number of sulfonamides is 1. The molecule has 1 aliphatic rings. The molecule has 0 saturated carbocycles. The van der Waals surface area contributed by atoms with E-state index in [-0.39, 0.29) is 28.4 Å². The van der Waals surface area contributed by atoms with Crippen LogP contribution in [-0.4, -0.2) is 38.4 Å². The first-order chi connectivity index (χ1) is 8.43. The Morgan fingerprint density at radius 2 is 2.16 bits per heavy atom. The second kappa shape index (κ2) is 6.74. The second-order valence-electron chi connectivity index (χ2n) is 4.24. The van der Waals surface area contributed by atoms with Crippen LogP contribution >= 0.6 is 39.9 Å². The molecule has 19 heavy (non-hydrogen) atoms. The number of benzene rings is 1. The minimum atomic E-state index is -3.53. The lowest BCUT2D eigenvalue weighted by atomic mass is 10.3. The largest absolute Gasteiger partial charge is 0.314 e. The summed E-state index contributed by atoms with van der Waals surface area (Å²) in [6, 6.07) is 4.79. The highest BCUT2D eigenvalue weighted by atomic mass is 79.9. The molecular formula is C11H15BrCl2N2O2S. The summed E-state index contributed by atoms with van der Waals surface area (Å²) in [7, 11) is -3.53. The topological polar surface area (TPSA) is 49.4 Å². The van der Waals surface area contributed by atoms with Crippen LogP contribution in [0.5, 0.6) is 0 Å². The van der Waals surface area contributed by atoms with Crippen molar-refractivity contribution >= 4 is 50.0 Å². The number of halogens is 3. The maximum absolute atomic E-state index is 12.6. The first-order valence-corrected chi connectivity index (χ1v) is 8.21. The molecule has 4 nitrogen and oxygen atoms in total. The normalized spacial score (nSPS) is 20.9. The van der Waals surface area contributed by atoms with Gasteiger partial charge in [0, 0.05) is 30.1 Å². The van der Waals surface area contributed by atoms with Gasteiger partial charge in [0.15, 0.2) is 0 Å². The highest BCUT2D eigenvalue weighted by molar-refractivity contribution is 9.10. The number of nitrogens with one attached hydrogen (secondary N) is 1. The fourth-order valence-electron chi connectivity index (χ4n) is 1.98. The number of rotatable bonds is 2. The van der Waals surface area contributed by atoms with Crippen LogP contribution in [0.25, 0.3) is 0 Å². The molecule has 0 spiro atoms. The van der Waals surface area contributed by atoms with Gasteiger partial charge in [0.25, 0.3) is 0 Å². The molecule has 8 heteroatoms. The molecule has 1 fully saturated rings. The third-order valence-electron chi connectivity index (χ3n) is 2.92. The monoisotopic (exact) mass is 388 g/mol. The van der Waals surface area contributed by atoms with Crippen molar-refractivity contribution in [3.8, 4) is 0 Å². The van der Waals surface area contributed by atoms with Gasteiger partial charge in [-0.1, -0.05) is 27.5 Å². The highest BCUT2D eigenvalue weighted by Gasteiger charge is 2.32. The van der Waals surface area contributed by atoms with E-state index in [1.165, 1.54) is 4.31 Å². The third kappa shape index (κ3) is 3.62. The summed E-state index contributed by atoms with van der Waals surface area (Å²) < 4.78 is 27.3. The molecule has 1 unspecified atom stereocenters. The molecule has 1 aromatic rings. The number of hydrogen-bond acceptors (Lipinski definition) is 3. The molecule has 1 aliphatic heterocycles. The van der Waals surface area contributed by atoms with Crippen LogP contribution in [0.15, 0.2) is 27.6 Å². The van der Waals surface area contributed by atoms with Gasteiger partial charge < -0.3 is 5.32 Å². The number of hydrogen-bond donors (Lipinski definition) is 1. The molecule has 0 amide bonds. The van der Waals surface area contributed by atoms with E-state index in [1.807, 2.05) is 6.92 Å². The Labute approximate surface area is 133 Å². The molecule has 108 valence electrons. The lowest BCUT2D eigenvalue weighted by Gasteiger charge is -2.33. The van der Waals surface area contributed by atoms with Crippen LogP contribution < -0.4 is 5.32 Å². The Kier molecular flexibility index (Phi) is 6.10. The van der Waals surface area contributed by atoms with Gasteiger partial charge in [-0.15, -0.1) is 12.4 Å². The minimum absolute atomic E-state index is 0. The summed E-state index contributed by atoms with van der Waals surface area (Å²) in [4.78, 5) is 0.160. The summed E-state index contributed by atoms with van der Waals surface area (Å²) in [6.45, 7) is 3.67. The summed E-state index contributed by atoms with van der Waals surface area (Å²) in [5, 5.41) is 3.42. The van der Waals surface area contributed by atoms with Gasteiger partial charge in [-0.3, -0.25) is 0 Å². The van der Waals surface area contributed by atoms with Crippen LogP contribution in [-0.2, 0) is 10.0 Å². The Morgan fingerprint density at radius 1 is 1.47 bits per heavy atom. The molecule has 0 aliphatic carbocycles. The molecule has 1 saturated heterocycles. The van der Waals surface area contributed by atoms with Crippen molar-refractivity contribution in [3.63, 3.8) is 0 Å². The molecule has 1 heterocycles. The second-order valence-corrected chi connectivity index (χ2v) is 7.43. The Hall–Kier alpha value is 0.150. The summed E-state index contributed by atoms with van der Waals surface area (Å²) in [5.74, 6) is 0. The van der Waals surface area contributed by atoms with Crippen LogP contribution in [0, 0.1) is 0 Å². The first-order valence-electron chi connectivity index (χ1n) is 5.60. The van der Waals surface area contributed by atoms with Crippen LogP contribution in [0.2, 0.25) is 5.02 Å². The molecule has 1 aromatic carbocycles. The van der Waals surface area contributed by atoms with Crippen LogP contribution in [0.1, 0.15) is 6.92 Å². The highest BCUT2D eigenvalue weighted by Crippen LogP contribution is 2.29. The summed E-state index contributed by atoms with van der Waals surface area (Å²) in [6.07, 6.45) is 0. The summed E-state index contributed by atoms with van der Waals surface area (Å²) >= 11 is 9.28. The lowest BCUT2D eigenvalue weighted by Crippen LogP contribution is -2.52. The van der Waals surface area contributed by atoms with Crippen molar-refractivity contribution in [2.24, 2.45) is 0 Å². The smallest absolute Gasteiger partial charge is 0.244 e. The predicted molar refractivity (Wildman–Crippen MR) is 82.6 cm³/mol. The standard InChI is InChI=1S/C11H14BrClN2O2S.ClH/c1-8-7-14-4-5-15(8)18(16,17)11-6-9(12)2-3-10(11)13;/h2-3,6,8,14H,4-5,7H2,1H3;1H. The van der Waals surface area contributed by atoms with Crippen molar-refractivity contribution in [1.29, 1.82) is 0 Å². The van der Waals surface area contributed by atoms with Gasteiger partial charge in [0.2, 0.25) is 10.0 Å². The van der Waals surface area contributed by atoms with Gasteiger partial charge in [-0.25, -0.2) is 8.42 Å². The minimum Gasteiger partial charge on any atom is -0.314 e. The van der Waals surface area contributed by atoms with Gasteiger partial charge in [-0.05, 0) is 25.1 Å². The van der Waals surface area contributed by atoms with E-state index in [4.69, 9.17) is 11.6 Å². The van der Waals surface area contributed by atoms with E-state index in [1.54, 1.807) is 18.2 Å². The Balaban J connectivity index is 0.00000180. The average Bonchev–Trinajstić information content (AvgIpc) is 2.32. The van der Waals surface area contributed by atoms with Crippen molar-refractivity contribution in [1.82, 2.24) is 9.62 Å². The van der Waals surface area contributed by atoms with Crippen LogP contribution in [0.4, 0.5) is 0 Å². The van der Waals surface area contributed by atoms with E-state index in [9.17, 15) is 8.42 Å². The Bertz CT molecular complexity index is 554. The average molecular weight is 390 g/mol. The fraction of sp³-hybridized carbons (Fsp3) is 0.455. The van der Waals surface area contributed by atoms with E-state index < -0.39 is 10.0 Å². The van der Waals surface area contributed by atoms with Crippen molar-refractivity contribution in [3.05, 3.63) is 27.7 Å². The van der Waals surface area contributed by atoms with E-state index in [0.29, 0.717) is 24.1 Å². The molecule has 0 radical (unpaired) electrons. The molecular weight excluding hydrogens is 375 g/mol. The lowest BCUT2D eigenvalue weighted by molar-refractivity contribution is 0.284. The molecule has 0 aromatic heterocycles. The van der Waals surface area contributed by atoms with Crippen molar-refractivity contribution in [2.45, 2.75) is 17.9 Å². The molecule has 1 atom stereocenters. The SMILES string of the molecule is CC1CNCCN1S(=O)(=O)c1cc(Br)ccc1Cl.Cl. The van der Waals surface area contributed by atoms with Gasteiger partial charge >= 0.3 is 0 Å². The van der Waals surface area contributed by atoms with Gasteiger partial charge in [-0.2, -0.15) is 4.31 Å². The van der Waals surface area contributed by atoms with Crippen LogP contribution in [0.3, 0.4) is 0 Å². The molecule has 2 rings (SSSR count). The van der Waals surface area contributed by atoms with Crippen molar-refractivity contribution in [2.75, 3.05) is 19.6 Å². The fourth-order valence-corrected chi connectivity index (χ4v) is 4.63. The summed E-state index contributed by atoms with van der Waals surface area (Å²) in [5.41, 5.74) is 0. The quantitative estimate of drug-likeness (QED) is 0.845. The zero-order chi connectivity index (χ0) is 13.3. The number of piperazine rings is 1. The zero-order valence-electron chi connectivity index (χ0n) is 10.3. The van der Waals surface area contributed by atoms with E-state index in [0.717, 1.165) is 0 Å². The predicted octanol–water partition coefficient (Wildman–Crippen LogP) is 2.51. The first kappa shape index (κ1) is 17.2. The molecule has 1 N–H and O–H groups in total. The van der Waals surface area contributed by atoms with Gasteiger partial charge in [0.1, 0.15) is 4.90 Å². The van der Waals surface area contributed by atoms with Crippen molar-refractivity contribution < 1.29 is 8.42 Å². The molecule has 0 bridgehead atoms. The zero-order valence-corrected chi connectivity index (χ0v) is 14.2. The Morgan fingerprint density at radius 3 is 2.79 bits per heavy atom.